The first kappa shape index (κ1) is 13.3. The smallest absolute Gasteiger partial charge is 0.238 e. The van der Waals surface area contributed by atoms with Crippen LogP contribution in [-0.4, -0.2) is 16.0 Å². The minimum atomic E-state index is 0.415. The second kappa shape index (κ2) is 5.77. The van der Waals surface area contributed by atoms with E-state index in [9.17, 15) is 0 Å². The van der Waals surface area contributed by atoms with Crippen LogP contribution in [-0.2, 0) is 6.54 Å². The summed E-state index contributed by atoms with van der Waals surface area (Å²) in [5.74, 6) is 1.09. The van der Waals surface area contributed by atoms with Gasteiger partial charge in [-0.15, -0.1) is 0 Å². The van der Waals surface area contributed by atoms with E-state index in [0.29, 0.717) is 22.7 Å². The molecular weight excluding hydrogens is 274 g/mol. The van der Waals surface area contributed by atoms with Crippen molar-refractivity contribution in [2.24, 2.45) is 0 Å². The Labute approximate surface area is 123 Å². The molecule has 1 fully saturated rings. The van der Waals surface area contributed by atoms with Gasteiger partial charge in [0.1, 0.15) is 5.02 Å². The van der Waals surface area contributed by atoms with Gasteiger partial charge in [0.15, 0.2) is 5.75 Å². The summed E-state index contributed by atoms with van der Waals surface area (Å²) in [5, 5.41) is 3.95. The van der Waals surface area contributed by atoms with E-state index in [1.807, 2.05) is 25.1 Å². The van der Waals surface area contributed by atoms with E-state index in [1.54, 1.807) is 12.4 Å². The van der Waals surface area contributed by atoms with Crippen molar-refractivity contribution < 1.29 is 4.74 Å². The summed E-state index contributed by atoms with van der Waals surface area (Å²) >= 11 is 6.23. The maximum Gasteiger partial charge on any atom is 0.238 e. The molecule has 1 aliphatic carbocycles. The highest BCUT2D eigenvalue weighted by atomic mass is 35.5. The molecule has 2 heterocycles. The lowest BCUT2D eigenvalue weighted by atomic mass is 10.3. The average molecular weight is 290 g/mol. The molecule has 0 saturated heterocycles. The molecule has 0 aliphatic heterocycles. The molecule has 0 unspecified atom stereocenters. The van der Waals surface area contributed by atoms with Crippen LogP contribution < -0.4 is 10.1 Å². The predicted molar refractivity (Wildman–Crippen MR) is 78.2 cm³/mol. The van der Waals surface area contributed by atoms with Crippen LogP contribution in [0, 0.1) is 6.92 Å². The quantitative estimate of drug-likeness (QED) is 0.915. The molecule has 0 spiro atoms. The second-order valence-corrected chi connectivity index (χ2v) is 5.38. The number of hydrogen-bond donors (Lipinski definition) is 1. The molecule has 104 valence electrons. The van der Waals surface area contributed by atoms with Crippen molar-refractivity contribution in [3.05, 3.63) is 46.9 Å². The van der Waals surface area contributed by atoms with Gasteiger partial charge in [-0.25, -0.2) is 4.98 Å². The number of aromatic nitrogens is 2. The summed E-state index contributed by atoms with van der Waals surface area (Å²) in [6, 6.07) is 6.24. The van der Waals surface area contributed by atoms with Gasteiger partial charge in [0.05, 0.1) is 5.69 Å². The van der Waals surface area contributed by atoms with Crippen molar-refractivity contribution in [1.82, 2.24) is 15.3 Å². The van der Waals surface area contributed by atoms with E-state index in [2.05, 4.69) is 15.3 Å². The summed E-state index contributed by atoms with van der Waals surface area (Å²) in [5.41, 5.74) is 1.88. The summed E-state index contributed by atoms with van der Waals surface area (Å²) in [7, 11) is 0. The van der Waals surface area contributed by atoms with Crippen molar-refractivity contribution in [3.8, 4) is 11.6 Å². The summed E-state index contributed by atoms with van der Waals surface area (Å²) in [6.45, 7) is 2.68. The zero-order chi connectivity index (χ0) is 13.9. The van der Waals surface area contributed by atoms with E-state index in [4.69, 9.17) is 16.3 Å². The fourth-order valence-corrected chi connectivity index (χ4v) is 2.10. The Bertz CT molecular complexity index is 614. The standard InChI is InChI=1S/C15H16ClN3O/c1-10-14(3-2-6-17-10)20-15-13(16)7-11(9-19-15)8-18-12-4-5-12/h2-3,6-7,9,12,18H,4-5,8H2,1H3. The van der Waals surface area contributed by atoms with Gasteiger partial charge in [0.2, 0.25) is 5.88 Å². The minimum absolute atomic E-state index is 0.415. The molecule has 0 atom stereocenters. The van der Waals surface area contributed by atoms with Gasteiger partial charge >= 0.3 is 0 Å². The first-order valence-electron chi connectivity index (χ1n) is 6.69. The molecule has 0 radical (unpaired) electrons. The number of rotatable bonds is 5. The van der Waals surface area contributed by atoms with Gasteiger partial charge < -0.3 is 10.1 Å². The number of nitrogens with one attached hydrogen (secondary N) is 1. The van der Waals surface area contributed by atoms with Crippen LogP contribution >= 0.6 is 11.6 Å². The zero-order valence-corrected chi connectivity index (χ0v) is 12.0. The fraction of sp³-hybridized carbons (Fsp3) is 0.333. The molecular formula is C15H16ClN3O. The van der Waals surface area contributed by atoms with Crippen LogP contribution in [0.1, 0.15) is 24.1 Å². The predicted octanol–water partition coefficient (Wildman–Crippen LogP) is 3.48. The molecule has 20 heavy (non-hydrogen) atoms. The topological polar surface area (TPSA) is 47.0 Å². The summed E-state index contributed by atoms with van der Waals surface area (Å²) in [4.78, 5) is 8.46. The third-order valence-corrected chi connectivity index (χ3v) is 3.47. The van der Waals surface area contributed by atoms with Crippen LogP contribution in [0.5, 0.6) is 11.6 Å². The average Bonchev–Trinajstić information content (AvgIpc) is 3.26. The summed E-state index contributed by atoms with van der Waals surface area (Å²) in [6.07, 6.45) is 6.05. The highest BCUT2D eigenvalue weighted by Gasteiger charge is 2.20. The van der Waals surface area contributed by atoms with Gasteiger partial charge in [-0.2, -0.15) is 0 Å². The van der Waals surface area contributed by atoms with Crippen LogP contribution in [0.15, 0.2) is 30.6 Å². The largest absolute Gasteiger partial charge is 0.436 e. The maximum atomic E-state index is 6.23. The lowest BCUT2D eigenvalue weighted by Gasteiger charge is -2.09. The van der Waals surface area contributed by atoms with E-state index in [0.717, 1.165) is 17.8 Å². The molecule has 1 aliphatic rings. The van der Waals surface area contributed by atoms with Crippen molar-refractivity contribution in [2.45, 2.75) is 32.4 Å². The highest BCUT2D eigenvalue weighted by molar-refractivity contribution is 6.31. The SMILES string of the molecule is Cc1ncccc1Oc1ncc(CNC2CC2)cc1Cl. The third-order valence-electron chi connectivity index (χ3n) is 3.20. The third kappa shape index (κ3) is 3.26. The molecule has 3 rings (SSSR count). The second-order valence-electron chi connectivity index (χ2n) is 4.97. The van der Waals surface area contributed by atoms with E-state index in [-0.39, 0.29) is 0 Å². The molecule has 1 N–H and O–H groups in total. The van der Waals surface area contributed by atoms with Crippen molar-refractivity contribution in [1.29, 1.82) is 0 Å². The summed E-state index contributed by atoms with van der Waals surface area (Å²) < 4.78 is 5.71. The van der Waals surface area contributed by atoms with Gasteiger partial charge in [0.25, 0.3) is 0 Å². The molecule has 4 nitrogen and oxygen atoms in total. The van der Waals surface area contributed by atoms with Gasteiger partial charge in [-0.3, -0.25) is 4.98 Å². The lowest BCUT2D eigenvalue weighted by molar-refractivity contribution is 0.456. The molecule has 1 saturated carbocycles. The van der Waals surface area contributed by atoms with Crippen LogP contribution in [0.3, 0.4) is 0 Å². The Morgan fingerprint density at radius 2 is 2.25 bits per heavy atom. The monoisotopic (exact) mass is 289 g/mol. The van der Waals surface area contributed by atoms with Crippen molar-refractivity contribution >= 4 is 11.6 Å². The first-order valence-corrected chi connectivity index (χ1v) is 7.07. The molecule has 0 bridgehead atoms. The van der Waals surface area contributed by atoms with Gasteiger partial charge in [0, 0.05) is 25.0 Å². The van der Waals surface area contributed by atoms with Crippen molar-refractivity contribution in [2.75, 3.05) is 0 Å². The van der Waals surface area contributed by atoms with E-state index < -0.39 is 0 Å². The first-order chi connectivity index (χ1) is 9.72. The number of halogens is 1. The Morgan fingerprint density at radius 1 is 1.40 bits per heavy atom. The highest BCUT2D eigenvalue weighted by Crippen LogP contribution is 2.29. The van der Waals surface area contributed by atoms with Crippen LogP contribution in [0.4, 0.5) is 0 Å². The Kier molecular flexibility index (Phi) is 3.85. The number of hydrogen-bond acceptors (Lipinski definition) is 4. The molecule has 5 heteroatoms. The Balaban J connectivity index is 1.71. The maximum absolute atomic E-state index is 6.23. The Morgan fingerprint density at radius 3 is 2.95 bits per heavy atom. The number of ether oxygens (including phenoxy) is 1. The molecule has 2 aromatic rings. The van der Waals surface area contributed by atoms with Crippen LogP contribution in [0.25, 0.3) is 0 Å². The number of aryl methyl sites for hydroxylation is 1. The van der Waals surface area contributed by atoms with Crippen LogP contribution in [0.2, 0.25) is 5.02 Å². The molecule has 0 amide bonds. The normalized spacial score (nSPS) is 14.3. The molecule has 2 aromatic heterocycles. The van der Waals surface area contributed by atoms with Gasteiger partial charge in [-0.1, -0.05) is 11.6 Å². The zero-order valence-electron chi connectivity index (χ0n) is 11.3. The van der Waals surface area contributed by atoms with Crippen molar-refractivity contribution in [3.63, 3.8) is 0 Å². The van der Waals surface area contributed by atoms with Gasteiger partial charge in [-0.05, 0) is 43.5 Å². The van der Waals surface area contributed by atoms with E-state index in [1.165, 1.54) is 12.8 Å². The number of nitrogens with zero attached hydrogens (tertiary/aromatic N) is 2. The molecule has 0 aromatic carbocycles. The number of pyridine rings is 2. The minimum Gasteiger partial charge on any atom is -0.436 e. The lowest BCUT2D eigenvalue weighted by Crippen LogP contribution is -2.15. The fourth-order valence-electron chi connectivity index (χ4n) is 1.87. The van der Waals surface area contributed by atoms with E-state index >= 15 is 0 Å². The Hall–Kier alpha value is -1.65.